The summed E-state index contributed by atoms with van der Waals surface area (Å²) in [5, 5.41) is 7.96. The van der Waals surface area contributed by atoms with Gasteiger partial charge in [-0.1, -0.05) is 23.2 Å². The van der Waals surface area contributed by atoms with Crippen molar-refractivity contribution in [3.63, 3.8) is 0 Å². The van der Waals surface area contributed by atoms with Gasteiger partial charge in [0.15, 0.2) is 5.15 Å². The van der Waals surface area contributed by atoms with E-state index >= 15 is 0 Å². The molecular formula is C8H4Cl2N2O2. The number of fused-ring (bicyclic) bond motifs is 1. The van der Waals surface area contributed by atoms with Crippen LogP contribution < -0.4 is 5.63 Å². The van der Waals surface area contributed by atoms with Gasteiger partial charge in [-0.2, -0.15) is 0 Å². The molecule has 0 atom stereocenters. The molecule has 0 unspecified atom stereocenters. The molecule has 0 saturated carbocycles. The number of hydrogen-bond acceptors (Lipinski definition) is 4. The summed E-state index contributed by atoms with van der Waals surface area (Å²) in [6.45, 7) is 1.62. The number of hydrogen-bond donors (Lipinski definition) is 0. The van der Waals surface area contributed by atoms with Crippen LogP contribution in [0.5, 0.6) is 0 Å². The highest BCUT2D eigenvalue weighted by Crippen LogP contribution is 2.26. The first-order valence-corrected chi connectivity index (χ1v) is 4.47. The highest BCUT2D eigenvalue weighted by atomic mass is 35.5. The number of halogens is 2. The van der Waals surface area contributed by atoms with Gasteiger partial charge in [0, 0.05) is 5.56 Å². The van der Waals surface area contributed by atoms with Crippen LogP contribution >= 0.6 is 23.2 Å². The van der Waals surface area contributed by atoms with Crippen molar-refractivity contribution in [2.75, 3.05) is 0 Å². The van der Waals surface area contributed by atoms with Gasteiger partial charge in [0.1, 0.15) is 0 Å². The quantitative estimate of drug-likeness (QED) is 0.697. The van der Waals surface area contributed by atoms with Gasteiger partial charge in [-0.25, -0.2) is 4.79 Å². The molecule has 0 bridgehead atoms. The molecule has 0 aliphatic carbocycles. The van der Waals surface area contributed by atoms with Crippen molar-refractivity contribution in [2.24, 2.45) is 0 Å². The van der Waals surface area contributed by atoms with Gasteiger partial charge in [-0.05, 0) is 13.0 Å². The third-order valence-corrected chi connectivity index (χ3v) is 2.49. The van der Waals surface area contributed by atoms with E-state index in [1.54, 1.807) is 13.0 Å². The molecule has 0 spiro atoms. The Kier molecular flexibility index (Phi) is 2.17. The topological polar surface area (TPSA) is 56.0 Å². The lowest BCUT2D eigenvalue weighted by molar-refractivity contribution is 0.539. The van der Waals surface area contributed by atoms with Gasteiger partial charge in [0.25, 0.3) is 5.71 Å². The summed E-state index contributed by atoms with van der Waals surface area (Å²) in [7, 11) is 0. The van der Waals surface area contributed by atoms with Crippen molar-refractivity contribution in [1.29, 1.82) is 0 Å². The summed E-state index contributed by atoms with van der Waals surface area (Å²) in [6.07, 6.45) is 0. The molecule has 2 aromatic heterocycles. The van der Waals surface area contributed by atoms with Crippen molar-refractivity contribution in [3.05, 3.63) is 32.2 Å². The normalized spacial score (nSPS) is 10.8. The van der Waals surface area contributed by atoms with Crippen molar-refractivity contribution < 1.29 is 4.42 Å². The first kappa shape index (κ1) is 9.43. The molecule has 0 fully saturated rings. The first-order chi connectivity index (χ1) is 6.59. The molecule has 4 nitrogen and oxygen atoms in total. The van der Waals surface area contributed by atoms with E-state index in [0.29, 0.717) is 10.9 Å². The van der Waals surface area contributed by atoms with E-state index in [2.05, 4.69) is 10.2 Å². The standard InChI is InChI=1S/C8H4Cl2N2O2/c1-3-2-4-5(9)6(10)11-12-7(4)14-8(3)13/h2H,1H3. The molecule has 2 aromatic rings. The second-order valence-electron chi connectivity index (χ2n) is 2.74. The number of nitrogens with zero attached hydrogens (tertiary/aromatic N) is 2. The third-order valence-electron chi connectivity index (χ3n) is 1.75. The minimum Gasteiger partial charge on any atom is -0.402 e. The van der Waals surface area contributed by atoms with Crippen LogP contribution in [0.1, 0.15) is 5.56 Å². The van der Waals surface area contributed by atoms with Crippen LogP contribution in [-0.4, -0.2) is 10.2 Å². The van der Waals surface area contributed by atoms with Gasteiger partial charge in [0.05, 0.1) is 10.4 Å². The van der Waals surface area contributed by atoms with Crippen molar-refractivity contribution in [3.8, 4) is 0 Å². The molecule has 0 radical (unpaired) electrons. The second-order valence-corrected chi connectivity index (χ2v) is 3.48. The summed E-state index contributed by atoms with van der Waals surface area (Å²) in [5.41, 5.74) is 0.0867. The zero-order chi connectivity index (χ0) is 10.3. The fraction of sp³-hybridized carbons (Fsp3) is 0.125. The van der Waals surface area contributed by atoms with E-state index in [9.17, 15) is 4.79 Å². The van der Waals surface area contributed by atoms with E-state index < -0.39 is 5.63 Å². The van der Waals surface area contributed by atoms with Crippen LogP contribution in [-0.2, 0) is 0 Å². The maximum Gasteiger partial charge on any atom is 0.340 e. The molecule has 0 saturated heterocycles. The maximum atomic E-state index is 11.1. The van der Waals surface area contributed by atoms with Gasteiger partial charge < -0.3 is 4.42 Å². The summed E-state index contributed by atoms with van der Waals surface area (Å²) >= 11 is 11.5. The van der Waals surface area contributed by atoms with E-state index in [0.717, 1.165) is 0 Å². The monoisotopic (exact) mass is 230 g/mol. The molecule has 0 aliphatic heterocycles. The maximum absolute atomic E-state index is 11.1. The zero-order valence-corrected chi connectivity index (χ0v) is 8.56. The van der Waals surface area contributed by atoms with Crippen molar-refractivity contribution in [1.82, 2.24) is 10.2 Å². The minimum atomic E-state index is -0.454. The smallest absolute Gasteiger partial charge is 0.340 e. The predicted molar refractivity (Wildman–Crippen MR) is 52.8 cm³/mol. The Hall–Kier alpha value is -1.13. The van der Waals surface area contributed by atoms with Gasteiger partial charge in [-0.15, -0.1) is 10.2 Å². The highest BCUT2D eigenvalue weighted by Gasteiger charge is 2.10. The lowest BCUT2D eigenvalue weighted by atomic mass is 10.2. The Morgan fingerprint density at radius 3 is 2.79 bits per heavy atom. The molecule has 0 aromatic carbocycles. The van der Waals surface area contributed by atoms with Crippen molar-refractivity contribution in [2.45, 2.75) is 6.92 Å². The summed E-state index contributed by atoms with van der Waals surface area (Å²) in [5.74, 6) is 0. The molecular weight excluding hydrogens is 227 g/mol. The molecule has 14 heavy (non-hydrogen) atoms. The van der Waals surface area contributed by atoms with E-state index in [1.807, 2.05) is 0 Å². The van der Waals surface area contributed by atoms with Gasteiger partial charge >= 0.3 is 5.63 Å². The Labute approximate surface area is 88.5 Å². The summed E-state index contributed by atoms with van der Waals surface area (Å²) in [4.78, 5) is 11.1. The Morgan fingerprint density at radius 1 is 1.36 bits per heavy atom. The highest BCUT2D eigenvalue weighted by molar-refractivity contribution is 6.44. The van der Waals surface area contributed by atoms with Crippen LogP contribution in [0.2, 0.25) is 10.2 Å². The van der Waals surface area contributed by atoms with Crippen LogP contribution in [0, 0.1) is 6.92 Å². The largest absolute Gasteiger partial charge is 0.402 e. The average Bonchev–Trinajstić information content (AvgIpc) is 2.15. The minimum absolute atomic E-state index is 0.0902. The summed E-state index contributed by atoms with van der Waals surface area (Å²) in [6, 6.07) is 1.57. The Balaban J connectivity index is 2.97. The van der Waals surface area contributed by atoms with Crippen LogP contribution in [0.3, 0.4) is 0 Å². The second kappa shape index (κ2) is 3.22. The van der Waals surface area contributed by atoms with E-state index in [1.165, 1.54) is 0 Å². The first-order valence-electron chi connectivity index (χ1n) is 3.71. The van der Waals surface area contributed by atoms with E-state index in [-0.39, 0.29) is 15.9 Å². The predicted octanol–water partition coefficient (Wildman–Crippen LogP) is 2.20. The SMILES string of the molecule is Cc1cc2c(Cl)c(Cl)nnc2oc1=O. The number of rotatable bonds is 0. The molecule has 0 aliphatic rings. The van der Waals surface area contributed by atoms with Crippen molar-refractivity contribution >= 4 is 34.3 Å². The number of aromatic nitrogens is 2. The molecule has 0 N–H and O–H groups in total. The zero-order valence-electron chi connectivity index (χ0n) is 7.04. The Bertz CT molecular complexity index is 565. The average molecular weight is 231 g/mol. The lowest BCUT2D eigenvalue weighted by Gasteiger charge is -1.99. The van der Waals surface area contributed by atoms with Gasteiger partial charge in [-0.3, -0.25) is 0 Å². The molecule has 6 heteroatoms. The summed E-state index contributed by atoms with van der Waals surface area (Å²) < 4.78 is 4.86. The van der Waals surface area contributed by atoms with Crippen LogP contribution in [0.4, 0.5) is 0 Å². The fourth-order valence-corrected chi connectivity index (χ4v) is 1.35. The number of aryl methyl sites for hydroxylation is 1. The lowest BCUT2D eigenvalue weighted by Crippen LogP contribution is -2.03. The third kappa shape index (κ3) is 1.36. The molecule has 2 heterocycles. The molecule has 72 valence electrons. The molecule has 2 rings (SSSR count). The van der Waals surface area contributed by atoms with Gasteiger partial charge in [0.2, 0.25) is 0 Å². The van der Waals surface area contributed by atoms with E-state index in [4.69, 9.17) is 27.6 Å². The fourth-order valence-electron chi connectivity index (χ4n) is 1.04. The van der Waals surface area contributed by atoms with Crippen LogP contribution in [0.25, 0.3) is 11.1 Å². The molecule has 0 amide bonds. The Morgan fingerprint density at radius 2 is 2.07 bits per heavy atom. The van der Waals surface area contributed by atoms with Crippen LogP contribution in [0.15, 0.2) is 15.3 Å².